The molecule has 0 unspecified atom stereocenters. The highest BCUT2D eigenvalue weighted by atomic mass is 16.2. The Balaban J connectivity index is 1.36. The highest BCUT2D eigenvalue weighted by molar-refractivity contribution is 5.79. The topological polar surface area (TPSA) is 80.1 Å². The number of amides is 1. The van der Waals surface area contributed by atoms with E-state index in [-0.39, 0.29) is 17.4 Å². The number of anilines is 1. The molecule has 160 valence electrons. The van der Waals surface area contributed by atoms with Gasteiger partial charge in [-0.1, -0.05) is 11.6 Å². The van der Waals surface area contributed by atoms with Crippen LogP contribution >= 0.6 is 0 Å². The molecule has 1 fully saturated rings. The zero-order chi connectivity index (χ0) is 20.9. The fourth-order valence-electron chi connectivity index (χ4n) is 4.54. The largest absolute Gasteiger partial charge is 0.356 e. The number of piperidine rings is 1. The number of aromatic nitrogens is 3. The van der Waals surface area contributed by atoms with Gasteiger partial charge in [0.15, 0.2) is 11.5 Å². The first-order valence-electron chi connectivity index (χ1n) is 11.2. The number of carbonyl (C=O) groups is 1. The van der Waals surface area contributed by atoms with E-state index in [1.165, 1.54) is 31.3 Å². The van der Waals surface area contributed by atoms with E-state index in [2.05, 4.69) is 21.4 Å². The molecule has 0 aromatic carbocycles. The second-order valence-corrected chi connectivity index (χ2v) is 8.24. The molecule has 3 heterocycles. The molecule has 7 nitrogen and oxygen atoms in total. The monoisotopic (exact) mass is 409 g/mol. The maximum absolute atomic E-state index is 13.0. The molecule has 0 saturated carbocycles. The summed E-state index contributed by atoms with van der Waals surface area (Å²) in [6.07, 6.45) is 11.4. The van der Waals surface area contributed by atoms with Crippen LogP contribution in [0, 0.1) is 5.92 Å². The Morgan fingerprint density at radius 1 is 1.27 bits per heavy atom. The summed E-state index contributed by atoms with van der Waals surface area (Å²) in [5, 5.41) is 3.12. The highest BCUT2D eigenvalue weighted by Crippen LogP contribution is 2.22. The van der Waals surface area contributed by atoms with Crippen LogP contribution in [0.5, 0.6) is 0 Å². The SMILES string of the molecule is CCn1c(=O)c(N2CCC(C(=O)NCCC3=CCCCC3)CC2)nc2cccnc21. The molecular formula is C23H31N5O2. The number of nitrogens with zero attached hydrogens (tertiary/aromatic N) is 4. The molecule has 4 rings (SSSR count). The second kappa shape index (κ2) is 9.41. The number of nitrogens with one attached hydrogen (secondary N) is 1. The van der Waals surface area contributed by atoms with Gasteiger partial charge in [0, 0.05) is 38.3 Å². The Hall–Kier alpha value is -2.70. The van der Waals surface area contributed by atoms with Crippen molar-refractivity contribution in [3.63, 3.8) is 0 Å². The molecule has 7 heteroatoms. The van der Waals surface area contributed by atoms with Gasteiger partial charge in [-0.2, -0.15) is 0 Å². The van der Waals surface area contributed by atoms with Gasteiger partial charge in [-0.15, -0.1) is 0 Å². The average Bonchev–Trinajstić information content (AvgIpc) is 2.79. The van der Waals surface area contributed by atoms with Crippen LogP contribution < -0.4 is 15.8 Å². The van der Waals surface area contributed by atoms with Gasteiger partial charge < -0.3 is 10.2 Å². The van der Waals surface area contributed by atoms with Crippen molar-refractivity contribution in [2.75, 3.05) is 24.5 Å². The molecule has 2 aromatic heterocycles. The van der Waals surface area contributed by atoms with Crippen molar-refractivity contribution < 1.29 is 4.79 Å². The maximum atomic E-state index is 13.0. The summed E-state index contributed by atoms with van der Waals surface area (Å²) < 4.78 is 1.68. The molecule has 0 radical (unpaired) electrons. The minimum atomic E-state index is -0.104. The van der Waals surface area contributed by atoms with Crippen LogP contribution in [0.25, 0.3) is 11.2 Å². The second-order valence-electron chi connectivity index (χ2n) is 8.24. The number of carbonyl (C=O) groups excluding carboxylic acids is 1. The fraction of sp³-hybridized carbons (Fsp3) is 0.565. The smallest absolute Gasteiger partial charge is 0.295 e. The van der Waals surface area contributed by atoms with E-state index in [4.69, 9.17) is 0 Å². The Morgan fingerprint density at radius 2 is 2.10 bits per heavy atom. The quantitative estimate of drug-likeness (QED) is 0.742. The van der Waals surface area contributed by atoms with Crippen LogP contribution in [0.3, 0.4) is 0 Å². The van der Waals surface area contributed by atoms with Crippen molar-refractivity contribution in [2.45, 2.75) is 58.4 Å². The lowest BCUT2D eigenvalue weighted by atomic mass is 9.95. The minimum absolute atomic E-state index is 0.0112. The molecule has 1 saturated heterocycles. The van der Waals surface area contributed by atoms with Crippen LogP contribution in [0.4, 0.5) is 5.82 Å². The van der Waals surface area contributed by atoms with E-state index in [0.717, 1.165) is 31.3 Å². The van der Waals surface area contributed by atoms with Gasteiger partial charge in [-0.3, -0.25) is 14.2 Å². The molecule has 0 atom stereocenters. The van der Waals surface area contributed by atoms with Crippen molar-refractivity contribution >= 4 is 22.9 Å². The third-order valence-electron chi connectivity index (χ3n) is 6.30. The number of fused-ring (bicyclic) bond motifs is 1. The van der Waals surface area contributed by atoms with E-state index in [1.807, 2.05) is 24.0 Å². The fourth-order valence-corrected chi connectivity index (χ4v) is 4.54. The summed E-state index contributed by atoms with van der Waals surface area (Å²) in [5.41, 5.74) is 2.73. The number of pyridine rings is 1. The van der Waals surface area contributed by atoms with Gasteiger partial charge in [0.25, 0.3) is 5.56 Å². The van der Waals surface area contributed by atoms with Crippen LogP contribution in [0.2, 0.25) is 0 Å². The number of hydrogen-bond donors (Lipinski definition) is 1. The van der Waals surface area contributed by atoms with E-state index in [0.29, 0.717) is 31.1 Å². The predicted molar refractivity (Wildman–Crippen MR) is 119 cm³/mol. The molecule has 1 aliphatic carbocycles. The molecule has 0 spiro atoms. The Labute approximate surface area is 177 Å². The highest BCUT2D eigenvalue weighted by Gasteiger charge is 2.27. The third-order valence-corrected chi connectivity index (χ3v) is 6.30. The Kier molecular flexibility index (Phi) is 6.45. The molecule has 1 N–H and O–H groups in total. The molecule has 1 aliphatic heterocycles. The summed E-state index contributed by atoms with van der Waals surface area (Å²) in [6.45, 7) is 4.56. The summed E-state index contributed by atoms with van der Waals surface area (Å²) in [4.78, 5) is 36.5. The Bertz CT molecular complexity index is 989. The van der Waals surface area contributed by atoms with Gasteiger partial charge in [0.2, 0.25) is 5.91 Å². The van der Waals surface area contributed by atoms with Crippen molar-refractivity contribution in [3.8, 4) is 0 Å². The summed E-state index contributed by atoms with van der Waals surface area (Å²) in [7, 11) is 0. The molecule has 1 amide bonds. The normalized spacial score (nSPS) is 17.8. The van der Waals surface area contributed by atoms with Gasteiger partial charge >= 0.3 is 0 Å². The summed E-state index contributed by atoms with van der Waals surface area (Å²) in [6, 6.07) is 3.73. The van der Waals surface area contributed by atoms with E-state index < -0.39 is 0 Å². The molecule has 30 heavy (non-hydrogen) atoms. The first-order valence-corrected chi connectivity index (χ1v) is 11.2. The van der Waals surface area contributed by atoms with Gasteiger partial charge in [-0.25, -0.2) is 9.97 Å². The van der Waals surface area contributed by atoms with Gasteiger partial charge in [0.05, 0.1) is 0 Å². The first kappa shape index (κ1) is 20.6. The lowest BCUT2D eigenvalue weighted by Crippen LogP contribution is -2.43. The Morgan fingerprint density at radius 3 is 2.83 bits per heavy atom. The lowest BCUT2D eigenvalue weighted by Gasteiger charge is -2.32. The van der Waals surface area contributed by atoms with Crippen molar-refractivity contribution in [1.82, 2.24) is 19.9 Å². The van der Waals surface area contributed by atoms with Crippen LogP contribution in [-0.2, 0) is 11.3 Å². The van der Waals surface area contributed by atoms with Gasteiger partial charge in [0.1, 0.15) is 5.52 Å². The number of rotatable bonds is 6. The molecule has 0 bridgehead atoms. The predicted octanol–water partition coefficient (Wildman–Crippen LogP) is 3.03. The van der Waals surface area contributed by atoms with E-state index in [9.17, 15) is 9.59 Å². The third kappa shape index (κ3) is 4.40. The standard InChI is InChI=1S/C23H31N5O2/c1-2-28-20-19(9-6-13-24-20)26-21(23(28)30)27-15-11-18(12-16-27)22(29)25-14-10-17-7-4-3-5-8-17/h6-7,9,13,18H,2-5,8,10-12,14-16H2,1H3,(H,25,29). The van der Waals surface area contributed by atoms with Crippen LogP contribution in [0.15, 0.2) is 34.8 Å². The average molecular weight is 410 g/mol. The first-order chi connectivity index (χ1) is 14.7. The molecular weight excluding hydrogens is 378 g/mol. The van der Waals surface area contributed by atoms with Crippen molar-refractivity contribution in [3.05, 3.63) is 40.3 Å². The summed E-state index contributed by atoms with van der Waals surface area (Å²) in [5.74, 6) is 0.630. The van der Waals surface area contributed by atoms with E-state index >= 15 is 0 Å². The van der Waals surface area contributed by atoms with Crippen LogP contribution in [-0.4, -0.2) is 40.1 Å². The minimum Gasteiger partial charge on any atom is -0.356 e. The number of hydrogen-bond acceptors (Lipinski definition) is 5. The zero-order valence-electron chi connectivity index (χ0n) is 17.8. The molecule has 2 aliphatic rings. The maximum Gasteiger partial charge on any atom is 0.295 e. The zero-order valence-corrected chi connectivity index (χ0v) is 17.8. The number of allylic oxidation sites excluding steroid dienone is 1. The van der Waals surface area contributed by atoms with Crippen molar-refractivity contribution in [2.24, 2.45) is 5.92 Å². The lowest BCUT2D eigenvalue weighted by molar-refractivity contribution is -0.125. The van der Waals surface area contributed by atoms with Gasteiger partial charge in [-0.05, 0) is 64.0 Å². The van der Waals surface area contributed by atoms with E-state index in [1.54, 1.807) is 10.8 Å². The summed E-state index contributed by atoms with van der Waals surface area (Å²) >= 11 is 0. The number of aryl methyl sites for hydroxylation is 1. The van der Waals surface area contributed by atoms with Crippen LogP contribution in [0.1, 0.15) is 51.9 Å². The van der Waals surface area contributed by atoms with Crippen molar-refractivity contribution in [1.29, 1.82) is 0 Å². The molecule has 2 aromatic rings.